The minimum atomic E-state index is -0.225. The fourth-order valence-corrected chi connectivity index (χ4v) is 3.39. The number of hydrazone groups is 1. The lowest BCUT2D eigenvalue weighted by atomic mass is 10.1. The van der Waals surface area contributed by atoms with Crippen LogP contribution in [-0.4, -0.2) is 41.9 Å². The van der Waals surface area contributed by atoms with Crippen molar-refractivity contribution in [3.8, 4) is 0 Å². The number of aryl methyl sites for hydroxylation is 3. The van der Waals surface area contributed by atoms with Crippen molar-refractivity contribution < 1.29 is 4.79 Å². The van der Waals surface area contributed by atoms with E-state index in [4.69, 9.17) is 0 Å². The Morgan fingerprint density at radius 2 is 2.03 bits per heavy atom. The molecule has 0 spiro atoms. The van der Waals surface area contributed by atoms with E-state index in [-0.39, 0.29) is 11.9 Å². The molecule has 1 unspecified atom stereocenters. The van der Waals surface area contributed by atoms with Gasteiger partial charge in [-0.25, -0.2) is 9.99 Å². The molecule has 1 amide bonds. The van der Waals surface area contributed by atoms with Gasteiger partial charge in [-0.05, 0) is 38.8 Å². The van der Waals surface area contributed by atoms with Crippen LogP contribution in [0.25, 0.3) is 11.0 Å². The van der Waals surface area contributed by atoms with Gasteiger partial charge >= 0.3 is 0 Å². The minimum absolute atomic E-state index is 0.172. The van der Waals surface area contributed by atoms with Gasteiger partial charge in [-0.3, -0.25) is 19.4 Å². The molecular weight excluding hydrogens is 366 g/mol. The standard InChI is InChI=1S/C21H23N7O/c1-14(5-4-10-27-19-7-6-15(2)26-18(19)13-25-27)21(29)28-20(8-9-24-28)17-12-22-16(3)11-23-17/h6-7,9,11-13,20H,1,4-5,8,10H2,2-3H3. The summed E-state index contributed by atoms with van der Waals surface area (Å²) < 4.78 is 1.91. The highest BCUT2D eigenvalue weighted by Crippen LogP contribution is 2.28. The number of pyridine rings is 1. The molecule has 0 bridgehead atoms. The summed E-state index contributed by atoms with van der Waals surface area (Å²) in [7, 11) is 0. The van der Waals surface area contributed by atoms with Crippen molar-refractivity contribution in [2.24, 2.45) is 5.10 Å². The van der Waals surface area contributed by atoms with E-state index in [9.17, 15) is 4.79 Å². The number of nitrogens with zero attached hydrogens (tertiary/aromatic N) is 7. The Kier molecular flexibility index (Phi) is 5.16. The van der Waals surface area contributed by atoms with Gasteiger partial charge in [0.25, 0.3) is 5.91 Å². The monoisotopic (exact) mass is 389 g/mol. The Labute approximate surface area is 169 Å². The van der Waals surface area contributed by atoms with Crippen molar-refractivity contribution in [2.75, 3.05) is 0 Å². The molecule has 0 N–H and O–H groups in total. The number of hydrogen-bond donors (Lipinski definition) is 0. The van der Waals surface area contributed by atoms with E-state index in [1.165, 1.54) is 5.01 Å². The molecule has 0 saturated carbocycles. The number of carbonyl (C=O) groups is 1. The van der Waals surface area contributed by atoms with Crippen LogP contribution in [0.5, 0.6) is 0 Å². The molecule has 1 atom stereocenters. The molecule has 0 aliphatic carbocycles. The summed E-state index contributed by atoms with van der Waals surface area (Å²) in [4.78, 5) is 26.0. The van der Waals surface area contributed by atoms with Gasteiger partial charge in [0.2, 0.25) is 0 Å². The summed E-state index contributed by atoms with van der Waals surface area (Å²) in [5.74, 6) is -0.172. The van der Waals surface area contributed by atoms with Crippen LogP contribution in [0.2, 0.25) is 0 Å². The molecular formula is C21H23N7O. The summed E-state index contributed by atoms with van der Waals surface area (Å²) in [6.07, 6.45) is 8.87. The molecule has 4 heterocycles. The second-order valence-corrected chi connectivity index (χ2v) is 7.21. The third kappa shape index (κ3) is 3.91. The van der Waals surface area contributed by atoms with Crippen molar-refractivity contribution in [3.05, 3.63) is 60.0 Å². The average Bonchev–Trinajstić information content (AvgIpc) is 3.35. The molecule has 3 aromatic rings. The molecule has 1 aliphatic rings. The van der Waals surface area contributed by atoms with Gasteiger partial charge in [-0.2, -0.15) is 10.2 Å². The lowest BCUT2D eigenvalue weighted by Crippen LogP contribution is -2.29. The third-order valence-corrected chi connectivity index (χ3v) is 4.97. The van der Waals surface area contributed by atoms with Crippen molar-refractivity contribution in [3.63, 3.8) is 0 Å². The molecule has 4 rings (SSSR count). The van der Waals surface area contributed by atoms with Gasteiger partial charge in [0.15, 0.2) is 0 Å². The van der Waals surface area contributed by atoms with Gasteiger partial charge in [0.05, 0.1) is 29.3 Å². The predicted molar refractivity (Wildman–Crippen MR) is 110 cm³/mol. The number of aromatic nitrogens is 5. The second kappa shape index (κ2) is 7.90. The van der Waals surface area contributed by atoms with E-state index in [1.807, 2.05) is 30.7 Å². The van der Waals surface area contributed by atoms with E-state index < -0.39 is 0 Å². The normalized spacial score (nSPS) is 15.9. The lowest BCUT2D eigenvalue weighted by Gasteiger charge is -2.22. The zero-order valence-electron chi connectivity index (χ0n) is 16.6. The largest absolute Gasteiger partial charge is 0.269 e. The molecule has 8 nitrogen and oxygen atoms in total. The SMILES string of the molecule is C=C(CCCn1ncc2nc(C)ccc21)C(=O)N1N=CCC1c1cnc(C)cn1. The summed E-state index contributed by atoms with van der Waals surface area (Å²) >= 11 is 0. The molecule has 0 radical (unpaired) electrons. The van der Waals surface area contributed by atoms with Crippen LogP contribution in [0.15, 0.2) is 48.0 Å². The molecule has 0 fully saturated rings. The van der Waals surface area contributed by atoms with Crippen LogP contribution in [-0.2, 0) is 11.3 Å². The second-order valence-electron chi connectivity index (χ2n) is 7.21. The molecule has 1 aliphatic heterocycles. The number of amides is 1. The Balaban J connectivity index is 1.37. The van der Waals surface area contributed by atoms with Gasteiger partial charge in [0, 0.05) is 36.6 Å². The van der Waals surface area contributed by atoms with Crippen LogP contribution in [0.4, 0.5) is 0 Å². The minimum Gasteiger partial charge on any atom is -0.268 e. The van der Waals surface area contributed by atoms with E-state index in [0.717, 1.165) is 34.5 Å². The average molecular weight is 389 g/mol. The zero-order valence-corrected chi connectivity index (χ0v) is 16.6. The van der Waals surface area contributed by atoms with Crippen LogP contribution in [0.1, 0.15) is 42.4 Å². The van der Waals surface area contributed by atoms with E-state index in [0.29, 0.717) is 25.0 Å². The van der Waals surface area contributed by atoms with Crippen LogP contribution in [0.3, 0.4) is 0 Å². The quantitative estimate of drug-likeness (QED) is 0.604. The first-order chi connectivity index (χ1) is 14.0. The lowest BCUT2D eigenvalue weighted by molar-refractivity contribution is -0.129. The van der Waals surface area contributed by atoms with Crippen molar-refractivity contribution in [1.29, 1.82) is 0 Å². The maximum atomic E-state index is 12.9. The van der Waals surface area contributed by atoms with E-state index >= 15 is 0 Å². The maximum absolute atomic E-state index is 12.9. The summed E-state index contributed by atoms with van der Waals surface area (Å²) in [5, 5.41) is 10.1. The zero-order chi connectivity index (χ0) is 20.4. The Morgan fingerprint density at radius 3 is 2.83 bits per heavy atom. The smallest absolute Gasteiger partial charge is 0.268 e. The highest BCUT2D eigenvalue weighted by Gasteiger charge is 2.30. The van der Waals surface area contributed by atoms with Crippen LogP contribution in [0, 0.1) is 13.8 Å². The third-order valence-electron chi connectivity index (χ3n) is 4.97. The number of carbonyl (C=O) groups excluding carboxylic acids is 1. The van der Waals surface area contributed by atoms with E-state index in [2.05, 4.69) is 31.7 Å². The van der Waals surface area contributed by atoms with Crippen molar-refractivity contribution >= 4 is 23.2 Å². The highest BCUT2D eigenvalue weighted by molar-refractivity contribution is 5.94. The summed E-state index contributed by atoms with van der Waals surface area (Å²) in [6, 6.07) is 3.77. The number of hydrogen-bond acceptors (Lipinski definition) is 6. The predicted octanol–water partition coefficient (Wildman–Crippen LogP) is 3.13. The van der Waals surface area contributed by atoms with Gasteiger partial charge < -0.3 is 0 Å². The first kappa shape index (κ1) is 18.9. The number of fused-ring (bicyclic) bond motifs is 1. The summed E-state index contributed by atoms with van der Waals surface area (Å²) in [6.45, 7) is 8.52. The first-order valence-corrected chi connectivity index (χ1v) is 9.64. The Bertz CT molecular complexity index is 1080. The number of rotatable bonds is 6. The van der Waals surface area contributed by atoms with Crippen molar-refractivity contribution in [2.45, 2.75) is 45.7 Å². The molecule has 3 aromatic heterocycles. The topological polar surface area (TPSA) is 89.2 Å². The maximum Gasteiger partial charge on any atom is 0.269 e. The molecule has 29 heavy (non-hydrogen) atoms. The van der Waals surface area contributed by atoms with Gasteiger partial charge in [-0.15, -0.1) is 0 Å². The Morgan fingerprint density at radius 1 is 1.17 bits per heavy atom. The van der Waals surface area contributed by atoms with Gasteiger partial charge in [0.1, 0.15) is 11.6 Å². The molecule has 0 aromatic carbocycles. The summed E-state index contributed by atoms with van der Waals surface area (Å²) in [5.41, 5.74) is 4.95. The highest BCUT2D eigenvalue weighted by atomic mass is 16.2. The molecule has 8 heteroatoms. The van der Waals surface area contributed by atoms with Crippen LogP contribution < -0.4 is 0 Å². The van der Waals surface area contributed by atoms with Crippen molar-refractivity contribution in [1.82, 2.24) is 29.7 Å². The fourth-order valence-electron chi connectivity index (χ4n) is 3.39. The fraction of sp³-hybridized carbons (Fsp3) is 0.333. The van der Waals surface area contributed by atoms with E-state index in [1.54, 1.807) is 24.8 Å². The van der Waals surface area contributed by atoms with Crippen LogP contribution >= 0.6 is 0 Å². The van der Waals surface area contributed by atoms with Gasteiger partial charge in [-0.1, -0.05) is 6.58 Å². The first-order valence-electron chi connectivity index (χ1n) is 9.64. The molecule has 0 saturated heterocycles. The Hall–Kier alpha value is -3.42. The molecule has 148 valence electrons.